The van der Waals surface area contributed by atoms with Gasteiger partial charge in [-0.2, -0.15) is 0 Å². The molecule has 0 aliphatic carbocycles. The smallest absolute Gasteiger partial charge is 0.269 e. The van der Waals surface area contributed by atoms with E-state index in [9.17, 15) is 19.7 Å². The molecule has 7 nitrogen and oxygen atoms in total. The van der Waals surface area contributed by atoms with Gasteiger partial charge in [0.1, 0.15) is 0 Å². The lowest BCUT2D eigenvalue weighted by molar-refractivity contribution is -0.384. The van der Waals surface area contributed by atoms with Gasteiger partial charge in [0.2, 0.25) is 5.91 Å². The highest BCUT2D eigenvalue weighted by Crippen LogP contribution is 2.31. The molecular weight excluding hydrogens is 430 g/mol. The van der Waals surface area contributed by atoms with Gasteiger partial charge in [-0.1, -0.05) is 23.7 Å². The molecule has 0 aromatic heterocycles. The molecule has 32 heavy (non-hydrogen) atoms. The van der Waals surface area contributed by atoms with E-state index in [1.165, 1.54) is 12.1 Å². The fraction of sp³-hybridized carbons (Fsp3) is 0.167. The predicted molar refractivity (Wildman–Crippen MR) is 123 cm³/mol. The van der Waals surface area contributed by atoms with Crippen molar-refractivity contribution in [3.8, 4) is 0 Å². The maximum absolute atomic E-state index is 13.0. The first kappa shape index (κ1) is 21.5. The number of carbonyl (C=O) groups excluding carboxylic acids is 2. The van der Waals surface area contributed by atoms with Gasteiger partial charge in [-0.15, -0.1) is 0 Å². The van der Waals surface area contributed by atoms with Gasteiger partial charge in [0, 0.05) is 40.6 Å². The van der Waals surface area contributed by atoms with Crippen molar-refractivity contribution in [3.05, 3.63) is 98.6 Å². The number of nitro groups is 1. The summed E-state index contributed by atoms with van der Waals surface area (Å²) in [6.45, 7) is 0.625. The Labute approximate surface area is 189 Å². The third-order valence-electron chi connectivity index (χ3n) is 5.33. The molecule has 1 aliphatic rings. The average Bonchev–Trinajstić information content (AvgIpc) is 2.79. The Balaban J connectivity index is 1.46. The van der Waals surface area contributed by atoms with Gasteiger partial charge < -0.3 is 10.2 Å². The summed E-state index contributed by atoms with van der Waals surface area (Å²) in [5.74, 6) is -0.304. The minimum atomic E-state index is -0.474. The van der Waals surface area contributed by atoms with Gasteiger partial charge in [-0.25, -0.2) is 0 Å². The quantitative estimate of drug-likeness (QED) is 0.437. The summed E-state index contributed by atoms with van der Waals surface area (Å²) in [6.07, 6.45) is 1.74. The second-order valence-corrected chi connectivity index (χ2v) is 8.00. The molecular formula is C24H20ClN3O4. The molecule has 0 radical (unpaired) electrons. The molecule has 0 saturated heterocycles. The van der Waals surface area contributed by atoms with Gasteiger partial charge in [0.05, 0.1) is 11.3 Å². The van der Waals surface area contributed by atoms with Crippen LogP contribution in [0.3, 0.4) is 0 Å². The highest BCUT2D eigenvalue weighted by Gasteiger charge is 2.24. The number of hydrogen-bond donors (Lipinski definition) is 1. The first-order valence-corrected chi connectivity index (χ1v) is 10.5. The third-order valence-corrected chi connectivity index (χ3v) is 5.58. The number of nitro benzene ring substituents is 1. The molecule has 8 heteroatoms. The van der Waals surface area contributed by atoms with Gasteiger partial charge >= 0.3 is 0 Å². The number of hydrogen-bond acceptors (Lipinski definition) is 4. The standard InChI is InChI=1S/C24H20ClN3O4/c25-19-7-5-17(6-8-19)24(30)27-13-1-2-18-15-20(9-12-22(18)27)26-23(29)14-16-3-10-21(11-4-16)28(31)32/h3-12,15H,1-2,13-14H2,(H,26,29). The molecule has 1 heterocycles. The molecule has 3 aromatic carbocycles. The zero-order chi connectivity index (χ0) is 22.7. The van der Waals surface area contributed by atoms with Gasteiger partial charge in [-0.3, -0.25) is 19.7 Å². The second kappa shape index (κ2) is 9.20. The number of rotatable bonds is 5. The zero-order valence-electron chi connectivity index (χ0n) is 17.1. The molecule has 3 aromatic rings. The monoisotopic (exact) mass is 449 g/mol. The molecule has 1 N–H and O–H groups in total. The van der Waals surface area contributed by atoms with Crippen LogP contribution >= 0.6 is 11.6 Å². The summed E-state index contributed by atoms with van der Waals surface area (Å²) >= 11 is 5.93. The van der Waals surface area contributed by atoms with E-state index in [4.69, 9.17) is 11.6 Å². The molecule has 0 saturated carbocycles. The van der Waals surface area contributed by atoms with Crippen molar-refractivity contribution < 1.29 is 14.5 Å². The molecule has 1 aliphatic heterocycles. The van der Waals surface area contributed by atoms with Crippen LogP contribution in [0.15, 0.2) is 66.7 Å². The van der Waals surface area contributed by atoms with Crippen molar-refractivity contribution in [1.29, 1.82) is 0 Å². The van der Waals surface area contributed by atoms with Crippen molar-refractivity contribution in [3.63, 3.8) is 0 Å². The van der Waals surface area contributed by atoms with Gasteiger partial charge in [0.25, 0.3) is 11.6 Å². The summed E-state index contributed by atoms with van der Waals surface area (Å²) in [5, 5.41) is 14.2. The van der Waals surface area contributed by atoms with E-state index in [0.717, 1.165) is 24.1 Å². The van der Waals surface area contributed by atoms with Crippen LogP contribution < -0.4 is 10.2 Å². The second-order valence-electron chi connectivity index (χ2n) is 7.56. The molecule has 0 bridgehead atoms. The number of amides is 2. The van der Waals surface area contributed by atoms with Crippen molar-refractivity contribution in [2.45, 2.75) is 19.3 Å². The number of fused-ring (bicyclic) bond motifs is 1. The zero-order valence-corrected chi connectivity index (χ0v) is 17.8. The Morgan fingerprint density at radius 2 is 1.75 bits per heavy atom. The summed E-state index contributed by atoms with van der Waals surface area (Å²) < 4.78 is 0. The van der Waals surface area contributed by atoms with E-state index in [-0.39, 0.29) is 23.9 Å². The van der Waals surface area contributed by atoms with Crippen LogP contribution in [-0.4, -0.2) is 23.3 Å². The summed E-state index contributed by atoms with van der Waals surface area (Å²) in [7, 11) is 0. The predicted octanol–water partition coefficient (Wildman–Crippen LogP) is 5.02. The largest absolute Gasteiger partial charge is 0.326 e. The van der Waals surface area contributed by atoms with Crippen LogP contribution in [-0.2, 0) is 17.6 Å². The number of non-ortho nitro benzene ring substituents is 1. The lowest BCUT2D eigenvalue weighted by Gasteiger charge is -2.30. The Morgan fingerprint density at radius 3 is 2.44 bits per heavy atom. The number of aryl methyl sites for hydroxylation is 1. The number of nitrogens with one attached hydrogen (secondary N) is 1. The van der Waals surface area contributed by atoms with Gasteiger partial charge in [0.15, 0.2) is 0 Å². The third kappa shape index (κ3) is 4.78. The van der Waals surface area contributed by atoms with Crippen LogP contribution in [0, 0.1) is 10.1 Å². The molecule has 0 atom stereocenters. The Hall–Kier alpha value is -3.71. The number of benzene rings is 3. The summed E-state index contributed by atoms with van der Waals surface area (Å²) in [5.41, 5.74) is 3.72. The minimum Gasteiger partial charge on any atom is -0.326 e. The molecule has 162 valence electrons. The maximum atomic E-state index is 13.0. The number of halogens is 1. The van der Waals surface area contributed by atoms with Crippen molar-refractivity contribution in [2.24, 2.45) is 0 Å². The van der Waals surface area contributed by atoms with Crippen molar-refractivity contribution in [2.75, 3.05) is 16.8 Å². The lowest BCUT2D eigenvalue weighted by Crippen LogP contribution is -2.35. The van der Waals surface area contributed by atoms with E-state index in [2.05, 4.69) is 5.32 Å². The molecule has 2 amide bonds. The van der Waals surface area contributed by atoms with Crippen LogP contribution in [0.2, 0.25) is 5.02 Å². The molecule has 0 fully saturated rings. The highest BCUT2D eigenvalue weighted by molar-refractivity contribution is 6.30. The van der Waals surface area contributed by atoms with Crippen LogP contribution in [0.1, 0.15) is 27.9 Å². The van der Waals surface area contributed by atoms with Crippen molar-refractivity contribution in [1.82, 2.24) is 0 Å². The first-order chi connectivity index (χ1) is 15.4. The molecule has 0 unspecified atom stereocenters. The minimum absolute atomic E-state index is 0.0125. The molecule has 4 rings (SSSR count). The van der Waals surface area contributed by atoms with E-state index < -0.39 is 4.92 Å². The van der Waals surface area contributed by atoms with Crippen LogP contribution in [0.4, 0.5) is 17.1 Å². The maximum Gasteiger partial charge on any atom is 0.269 e. The van der Waals surface area contributed by atoms with Crippen LogP contribution in [0.5, 0.6) is 0 Å². The van der Waals surface area contributed by atoms with E-state index in [1.807, 2.05) is 12.1 Å². The lowest BCUT2D eigenvalue weighted by atomic mass is 10.00. The van der Waals surface area contributed by atoms with Crippen LogP contribution in [0.25, 0.3) is 0 Å². The summed E-state index contributed by atoms with van der Waals surface area (Å²) in [4.78, 5) is 37.4. The fourth-order valence-electron chi connectivity index (χ4n) is 3.76. The average molecular weight is 450 g/mol. The SMILES string of the molecule is O=C(Cc1ccc([N+](=O)[O-])cc1)Nc1ccc2c(c1)CCCN2C(=O)c1ccc(Cl)cc1. The summed E-state index contributed by atoms with van der Waals surface area (Å²) in [6, 6.07) is 18.3. The first-order valence-electron chi connectivity index (χ1n) is 10.1. The van der Waals surface area contributed by atoms with Gasteiger partial charge in [-0.05, 0) is 66.4 Å². The number of carbonyl (C=O) groups is 2. The van der Waals surface area contributed by atoms with E-state index >= 15 is 0 Å². The topological polar surface area (TPSA) is 92.5 Å². The molecule has 0 spiro atoms. The fourth-order valence-corrected chi connectivity index (χ4v) is 3.89. The van der Waals surface area contributed by atoms with E-state index in [1.54, 1.807) is 47.4 Å². The highest BCUT2D eigenvalue weighted by atomic mass is 35.5. The number of nitrogens with zero attached hydrogens (tertiary/aromatic N) is 2. The Kier molecular flexibility index (Phi) is 6.18. The Morgan fingerprint density at radius 1 is 1.03 bits per heavy atom. The van der Waals surface area contributed by atoms with Crippen molar-refractivity contribution >= 4 is 40.5 Å². The number of anilines is 2. The Bertz CT molecular complexity index is 1180. The normalized spacial score (nSPS) is 12.7. The van der Waals surface area contributed by atoms with E-state index in [0.29, 0.717) is 28.4 Å².